The average Bonchev–Trinajstić information content (AvgIpc) is 3.15. The number of ether oxygens (including phenoxy) is 1. The molecule has 0 saturated heterocycles. The number of hydrogen-bond donors (Lipinski definition) is 1. The zero-order chi connectivity index (χ0) is 19.7. The molecule has 4 atom stereocenters. The molecule has 5 heteroatoms. The number of carbonyl (C=O) groups is 2. The summed E-state index contributed by atoms with van der Waals surface area (Å²) in [5.41, 5.74) is 1.00. The van der Waals surface area contributed by atoms with Gasteiger partial charge in [0.25, 0.3) is 0 Å². The van der Waals surface area contributed by atoms with Crippen LogP contribution < -0.4 is 0 Å². The molecule has 2 aliphatic carbocycles. The van der Waals surface area contributed by atoms with E-state index in [-0.39, 0.29) is 23.9 Å². The van der Waals surface area contributed by atoms with Gasteiger partial charge in [0, 0.05) is 17.9 Å². The Balaban J connectivity index is 1.96. The maximum absolute atomic E-state index is 12.1. The van der Waals surface area contributed by atoms with Crippen molar-refractivity contribution in [3.63, 3.8) is 0 Å². The van der Waals surface area contributed by atoms with Crippen LogP contribution in [0.2, 0.25) is 0 Å². The lowest BCUT2D eigenvalue weighted by Gasteiger charge is -2.58. The summed E-state index contributed by atoms with van der Waals surface area (Å²) in [5, 5.41) is 9.90. The zero-order valence-corrected chi connectivity index (χ0v) is 16.5. The highest BCUT2D eigenvalue weighted by molar-refractivity contribution is 5.88. The van der Waals surface area contributed by atoms with Gasteiger partial charge in [0.15, 0.2) is 0 Å². The predicted molar refractivity (Wildman–Crippen MR) is 101 cm³/mol. The van der Waals surface area contributed by atoms with Gasteiger partial charge >= 0.3 is 11.9 Å². The van der Waals surface area contributed by atoms with E-state index in [2.05, 4.69) is 13.8 Å². The van der Waals surface area contributed by atoms with Crippen molar-refractivity contribution in [2.45, 2.75) is 59.3 Å². The number of fused-ring (bicyclic) bond motifs is 1. The number of carboxylic acids is 1. The Labute approximate surface area is 160 Å². The lowest BCUT2D eigenvalue weighted by Crippen LogP contribution is -2.54. The largest absolute Gasteiger partial charge is 0.478 e. The van der Waals surface area contributed by atoms with Gasteiger partial charge in [-0.05, 0) is 67.4 Å². The Bertz CT molecular complexity index is 719. The molecule has 148 valence electrons. The molecule has 5 nitrogen and oxygen atoms in total. The first-order valence-corrected chi connectivity index (χ1v) is 9.88. The maximum atomic E-state index is 12.1. The van der Waals surface area contributed by atoms with Crippen LogP contribution in [0.4, 0.5) is 0 Å². The van der Waals surface area contributed by atoms with Crippen molar-refractivity contribution in [1.29, 1.82) is 0 Å². The molecule has 4 unspecified atom stereocenters. The van der Waals surface area contributed by atoms with Crippen molar-refractivity contribution in [2.24, 2.45) is 22.7 Å². The number of aliphatic carboxylic acids is 1. The third-order valence-corrected chi connectivity index (χ3v) is 7.25. The molecule has 3 rings (SSSR count). The van der Waals surface area contributed by atoms with E-state index in [1.165, 1.54) is 12.5 Å². The first-order valence-electron chi connectivity index (χ1n) is 9.88. The molecule has 1 aromatic rings. The molecular weight excluding hydrogens is 344 g/mol. The Hall–Kier alpha value is -2.04. The quantitative estimate of drug-likeness (QED) is 0.735. The second-order valence-corrected chi connectivity index (χ2v) is 8.57. The van der Waals surface area contributed by atoms with Crippen molar-refractivity contribution in [3.8, 4) is 0 Å². The fourth-order valence-corrected chi connectivity index (χ4v) is 5.53. The van der Waals surface area contributed by atoms with Crippen LogP contribution >= 0.6 is 0 Å². The maximum Gasteiger partial charge on any atom is 0.331 e. The fraction of sp³-hybridized carbons (Fsp3) is 0.636. The summed E-state index contributed by atoms with van der Waals surface area (Å²) in [6.07, 6.45) is 10.6. The number of furan rings is 1. The van der Waals surface area contributed by atoms with E-state index < -0.39 is 11.4 Å². The van der Waals surface area contributed by atoms with E-state index >= 15 is 0 Å². The number of carbonyl (C=O) groups excluding carboxylic acids is 1. The Morgan fingerprint density at radius 2 is 2.15 bits per heavy atom. The second kappa shape index (κ2) is 7.53. The Morgan fingerprint density at radius 1 is 1.37 bits per heavy atom. The van der Waals surface area contributed by atoms with E-state index in [9.17, 15) is 14.7 Å². The molecule has 0 amide bonds. The van der Waals surface area contributed by atoms with Gasteiger partial charge in [-0.3, -0.25) is 4.79 Å². The molecule has 0 aromatic carbocycles. The van der Waals surface area contributed by atoms with Crippen LogP contribution in [0.15, 0.2) is 34.7 Å². The lowest BCUT2D eigenvalue weighted by molar-refractivity contribution is -0.155. The van der Waals surface area contributed by atoms with Crippen LogP contribution in [0.5, 0.6) is 0 Å². The van der Waals surface area contributed by atoms with Crippen LogP contribution in [0, 0.1) is 22.7 Å². The van der Waals surface area contributed by atoms with Crippen LogP contribution in [0.1, 0.15) is 58.4 Å². The van der Waals surface area contributed by atoms with E-state index in [0.29, 0.717) is 11.5 Å². The SMILES string of the molecule is CC(=O)OCC12CCC(C)C(C)(CCc3ccoc3)C1CCC=C2C(=O)O. The Kier molecular flexibility index (Phi) is 5.50. The van der Waals surface area contributed by atoms with Crippen molar-refractivity contribution in [3.05, 3.63) is 35.8 Å². The molecule has 1 saturated carbocycles. The first-order chi connectivity index (χ1) is 12.8. The number of rotatable bonds is 6. The molecule has 1 heterocycles. The van der Waals surface area contributed by atoms with Gasteiger partial charge in [0.1, 0.15) is 6.61 Å². The van der Waals surface area contributed by atoms with Crippen molar-refractivity contribution < 1.29 is 23.8 Å². The Morgan fingerprint density at radius 3 is 2.78 bits per heavy atom. The summed E-state index contributed by atoms with van der Waals surface area (Å²) < 4.78 is 10.7. The van der Waals surface area contributed by atoms with E-state index in [0.717, 1.165) is 38.5 Å². The summed E-state index contributed by atoms with van der Waals surface area (Å²) >= 11 is 0. The minimum absolute atomic E-state index is 0.0232. The molecule has 1 aromatic heterocycles. The second-order valence-electron chi connectivity index (χ2n) is 8.57. The standard InChI is InChI=1S/C22H30O5/c1-15-7-11-22(14-27-16(2)23)18(20(24)25)5-4-6-19(22)21(15,3)10-8-17-9-12-26-13-17/h5,9,12-13,15,19H,4,6-8,10-11,14H2,1-3H3,(H,24,25). The monoisotopic (exact) mass is 374 g/mol. The van der Waals surface area contributed by atoms with Crippen LogP contribution in [-0.2, 0) is 20.7 Å². The number of allylic oxidation sites excluding steroid dienone is 1. The van der Waals surface area contributed by atoms with Gasteiger partial charge in [-0.1, -0.05) is 19.9 Å². The van der Waals surface area contributed by atoms with Crippen molar-refractivity contribution in [1.82, 2.24) is 0 Å². The zero-order valence-electron chi connectivity index (χ0n) is 16.5. The fourth-order valence-electron chi connectivity index (χ4n) is 5.53. The summed E-state index contributed by atoms with van der Waals surface area (Å²) in [7, 11) is 0. The molecule has 0 spiro atoms. The highest BCUT2D eigenvalue weighted by Crippen LogP contribution is 2.62. The van der Waals surface area contributed by atoms with Crippen molar-refractivity contribution in [2.75, 3.05) is 6.61 Å². The lowest BCUT2D eigenvalue weighted by atomic mass is 9.46. The smallest absolute Gasteiger partial charge is 0.331 e. The predicted octanol–water partition coefficient (Wildman–Crippen LogP) is 4.62. The topological polar surface area (TPSA) is 76.7 Å². The number of esters is 1. The molecule has 1 fully saturated rings. The van der Waals surface area contributed by atoms with Crippen molar-refractivity contribution >= 4 is 11.9 Å². The van der Waals surface area contributed by atoms with Gasteiger partial charge < -0.3 is 14.3 Å². The molecule has 0 aliphatic heterocycles. The highest BCUT2D eigenvalue weighted by Gasteiger charge is 2.58. The number of carboxylic acid groups (broad SMARTS) is 1. The number of hydrogen-bond acceptors (Lipinski definition) is 4. The van der Waals surface area contributed by atoms with E-state index in [1.54, 1.807) is 12.5 Å². The number of aryl methyl sites for hydroxylation is 1. The van der Waals surface area contributed by atoms with Crippen LogP contribution in [0.25, 0.3) is 0 Å². The molecular formula is C22H30O5. The van der Waals surface area contributed by atoms with Crippen LogP contribution in [-0.4, -0.2) is 23.7 Å². The van der Waals surface area contributed by atoms with Gasteiger partial charge in [-0.2, -0.15) is 0 Å². The summed E-state index contributed by atoms with van der Waals surface area (Å²) in [4.78, 5) is 23.6. The van der Waals surface area contributed by atoms with Gasteiger partial charge in [-0.15, -0.1) is 0 Å². The normalized spacial score (nSPS) is 33.1. The minimum atomic E-state index is -0.876. The van der Waals surface area contributed by atoms with Gasteiger partial charge in [0.05, 0.1) is 12.5 Å². The van der Waals surface area contributed by atoms with E-state index in [4.69, 9.17) is 9.15 Å². The summed E-state index contributed by atoms with van der Waals surface area (Å²) in [6.45, 7) is 6.14. The third-order valence-electron chi connectivity index (χ3n) is 7.25. The minimum Gasteiger partial charge on any atom is -0.478 e. The molecule has 0 radical (unpaired) electrons. The molecule has 1 N–H and O–H groups in total. The van der Waals surface area contributed by atoms with Gasteiger partial charge in [0.2, 0.25) is 0 Å². The molecule has 2 aliphatic rings. The van der Waals surface area contributed by atoms with Gasteiger partial charge in [-0.25, -0.2) is 4.79 Å². The highest BCUT2D eigenvalue weighted by atomic mass is 16.5. The van der Waals surface area contributed by atoms with E-state index in [1.807, 2.05) is 12.1 Å². The summed E-state index contributed by atoms with van der Waals surface area (Å²) in [6, 6.07) is 1.99. The summed E-state index contributed by atoms with van der Waals surface area (Å²) in [5.74, 6) is -0.570. The first kappa shape index (κ1) is 19.7. The molecule has 27 heavy (non-hydrogen) atoms. The van der Waals surface area contributed by atoms with Crippen LogP contribution in [0.3, 0.4) is 0 Å². The average molecular weight is 374 g/mol. The molecule has 0 bridgehead atoms. The third kappa shape index (κ3) is 3.56.